The van der Waals surface area contributed by atoms with Crippen molar-refractivity contribution in [3.05, 3.63) is 24.0 Å². The molecule has 0 amide bonds. The zero-order valence-electron chi connectivity index (χ0n) is 6.79. The molecule has 2 aliphatic heterocycles. The van der Waals surface area contributed by atoms with E-state index < -0.39 is 0 Å². The van der Waals surface area contributed by atoms with Crippen LogP contribution in [-0.2, 0) is 0 Å². The summed E-state index contributed by atoms with van der Waals surface area (Å²) < 4.78 is 5.59. The largest absolute Gasteiger partial charge is 0.480 e. The van der Waals surface area contributed by atoms with E-state index in [-0.39, 0.29) is 12.1 Å². The third-order valence-corrected chi connectivity index (χ3v) is 2.18. The Kier molecular flexibility index (Phi) is 1.24. The Bertz CT molecular complexity index is 400. The van der Waals surface area contributed by atoms with Crippen LogP contribution >= 0.6 is 0 Å². The molecular weight excluding hydrogens is 166 g/mol. The fourth-order valence-corrected chi connectivity index (χ4v) is 1.59. The van der Waals surface area contributed by atoms with E-state index in [0.717, 1.165) is 11.4 Å². The van der Waals surface area contributed by atoms with Gasteiger partial charge in [0.15, 0.2) is 6.10 Å². The zero-order chi connectivity index (χ0) is 8.67. The van der Waals surface area contributed by atoms with Gasteiger partial charge in [-0.05, 0) is 12.1 Å². The van der Waals surface area contributed by atoms with Gasteiger partial charge in [0.1, 0.15) is 23.8 Å². The van der Waals surface area contributed by atoms with Gasteiger partial charge in [-0.25, -0.2) is 4.99 Å². The van der Waals surface area contributed by atoms with Crippen LogP contribution in [0.25, 0.3) is 0 Å². The maximum Gasteiger partial charge on any atom is 0.162 e. The summed E-state index contributed by atoms with van der Waals surface area (Å²) in [6, 6.07) is 3.77. The molecule has 3 rings (SSSR count). The molecule has 0 radical (unpaired) electrons. The maximum atomic E-state index is 5.59. The van der Waals surface area contributed by atoms with Gasteiger partial charge in [-0.1, -0.05) is 0 Å². The molecule has 2 atom stereocenters. The average molecular weight is 173 g/mol. The van der Waals surface area contributed by atoms with Crippen LogP contribution in [0.5, 0.6) is 5.75 Å². The molecule has 0 bridgehead atoms. The second-order valence-electron chi connectivity index (χ2n) is 2.98. The molecule has 2 unspecified atom stereocenters. The third-order valence-electron chi connectivity index (χ3n) is 2.18. The van der Waals surface area contributed by atoms with Crippen molar-refractivity contribution in [3.8, 4) is 5.75 Å². The Morgan fingerprint density at radius 2 is 2.38 bits per heavy atom. The van der Waals surface area contributed by atoms with Crippen LogP contribution in [0, 0.1) is 0 Å². The smallest absolute Gasteiger partial charge is 0.162 e. The lowest BCUT2D eigenvalue weighted by Gasteiger charge is -2.11. The fourth-order valence-electron chi connectivity index (χ4n) is 1.59. The predicted molar refractivity (Wildman–Crippen MR) is 48.4 cm³/mol. The van der Waals surface area contributed by atoms with Crippen LogP contribution in [0.15, 0.2) is 28.3 Å². The van der Waals surface area contributed by atoms with Crippen molar-refractivity contribution in [2.75, 3.05) is 0 Å². The van der Waals surface area contributed by atoms with Gasteiger partial charge in [-0.3, -0.25) is 9.98 Å². The molecule has 0 aromatic carbocycles. The second-order valence-corrected chi connectivity index (χ2v) is 2.98. The van der Waals surface area contributed by atoms with Crippen LogP contribution in [0.1, 0.15) is 11.7 Å². The molecule has 4 nitrogen and oxygen atoms in total. The predicted octanol–water partition coefficient (Wildman–Crippen LogP) is 0.996. The molecule has 13 heavy (non-hydrogen) atoms. The highest BCUT2D eigenvalue weighted by Crippen LogP contribution is 2.37. The van der Waals surface area contributed by atoms with Crippen LogP contribution in [0.3, 0.4) is 0 Å². The second kappa shape index (κ2) is 2.39. The number of pyridine rings is 1. The highest BCUT2D eigenvalue weighted by Gasteiger charge is 2.34. The lowest BCUT2D eigenvalue weighted by molar-refractivity contribution is 0.280. The van der Waals surface area contributed by atoms with E-state index in [4.69, 9.17) is 4.74 Å². The van der Waals surface area contributed by atoms with Crippen LogP contribution in [0.4, 0.5) is 0 Å². The van der Waals surface area contributed by atoms with E-state index in [1.807, 2.05) is 12.1 Å². The van der Waals surface area contributed by atoms with Crippen molar-refractivity contribution in [1.29, 1.82) is 0 Å². The Labute approximate surface area is 75.0 Å². The number of nitrogens with zero attached hydrogens (tertiary/aromatic N) is 3. The van der Waals surface area contributed by atoms with E-state index in [1.165, 1.54) is 0 Å². The first-order valence-electron chi connectivity index (χ1n) is 4.12. The normalized spacial score (nSPS) is 28.0. The molecule has 0 spiro atoms. The molecule has 2 aliphatic rings. The van der Waals surface area contributed by atoms with Gasteiger partial charge in [-0.15, -0.1) is 0 Å². The topological polar surface area (TPSA) is 46.8 Å². The average Bonchev–Trinajstić information content (AvgIpc) is 2.56. The molecule has 0 aliphatic carbocycles. The van der Waals surface area contributed by atoms with Gasteiger partial charge >= 0.3 is 0 Å². The first-order valence-corrected chi connectivity index (χ1v) is 4.12. The van der Waals surface area contributed by atoms with Gasteiger partial charge in [-0.2, -0.15) is 0 Å². The van der Waals surface area contributed by atoms with E-state index in [2.05, 4.69) is 15.0 Å². The van der Waals surface area contributed by atoms with Crippen LogP contribution in [-0.4, -0.2) is 23.6 Å². The quantitative estimate of drug-likeness (QED) is 0.587. The van der Waals surface area contributed by atoms with Crippen molar-refractivity contribution < 1.29 is 4.74 Å². The van der Waals surface area contributed by atoms with Crippen molar-refractivity contribution in [1.82, 2.24) is 4.98 Å². The first-order chi connectivity index (χ1) is 6.45. The lowest BCUT2D eigenvalue weighted by Crippen LogP contribution is -2.21. The molecule has 64 valence electrons. The van der Waals surface area contributed by atoms with Gasteiger partial charge in [0.2, 0.25) is 0 Å². The summed E-state index contributed by atoms with van der Waals surface area (Å²) in [4.78, 5) is 12.4. The fraction of sp³-hybridized carbons (Fsp3) is 0.222. The molecule has 1 aromatic rings. The highest BCUT2D eigenvalue weighted by molar-refractivity contribution is 5.80. The van der Waals surface area contributed by atoms with Crippen molar-refractivity contribution in [3.63, 3.8) is 0 Å². The molecular formula is C9H7N3O. The first kappa shape index (κ1) is 6.77. The number of rotatable bonds is 0. The maximum absolute atomic E-state index is 5.59. The minimum absolute atomic E-state index is 0.00806. The summed E-state index contributed by atoms with van der Waals surface area (Å²) in [6.07, 6.45) is 5.01. The van der Waals surface area contributed by atoms with Crippen molar-refractivity contribution in [2.45, 2.75) is 12.1 Å². The number of hydrogen-bond donors (Lipinski definition) is 0. The van der Waals surface area contributed by atoms with E-state index >= 15 is 0 Å². The third kappa shape index (κ3) is 0.884. The molecule has 0 saturated carbocycles. The van der Waals surface area contributed by atoms with Gasteiger partial charge in [0, 0.05) is 12.4 Å². The Hall–Kier alpha value is -1.71. The van der Waals surface area contributed by atoms with Crippen molar-refractivity contribution in [2.24, 2.45) is 9.98 Å². The number of ether oxygens (including phenoxy) is 1. The Balaban J connectivity index is 2.12. The van der Waals surface area contributed by atoms with Crippen molar-refractivity contribution >= 4 is 12.6 Å². The molecule has 1 aromatic heterocycles. The summed E-state index contributed by atoms with van der Waals surface area (Å²) in [6.45, 7) is 0. The number of aromatic nitrogens is 1. The molecule has 3 heterocycles. The van der Waals surface area contributed by atoms with Gasteiger partial charge in [0.05, 0.1) is 0 Å². The minimum Gasteiger partial charge on any atom is -0.480 e. The molecule has 4 heteroatoms. The van der Waals surface area contributed by atoms with Gasteiger partial charge in [0.25, 0.3) is 0 Å². The molecule has 0 N–H and O–H groups in total. The summed E-state index contributed by atoms with van der Waals surface area (Å²) >= 11 is 0. The lowest BCUT2D eigenvalue weighted by atomic mass is 10.1. The monoisotopic (exact) mass is 173 g/mol. The summed E-state index contributed by atoms with van der Waals surface area (Å²) in [5, 5.41) is 0. The number of fused-ring (bicyclic) bond motifs is 3. The highest BCUT2D eigenvalue weighted by atomic mass is 16.5. The number of aliphatic imine (C=N–C) groups is 2. The number of hydrogen-bond acceptors (Lipinski definition) is 4. The van der Waals surface area contributed by atoms with E-state index in [1.54, 1.807) is 18.7 Å². The zero-order valence-corrected chi connectivity index (χ0v) is 6.79. The van der Waals surface area contributed by atoms with Gasteiger partial charge < -0.3 is 4.74 Å². The van der Waals surface area contributed by atoms with E-state index in [9.17, 15) is 0 Å². The Morgan fingerprint density at radius 3 is 3.38 bits per heavy atom. The standard InChI is InChI=1S/C9H7N3O/c1-2-6-8(11-3-1)9-7(13-6)4-10-5-12-9/h1-5,7,9H. The minimum atomic E-state index is -0.0603. The van der Waals surface area contributed by atoms with E-state index in [0.29, 0.717) is 0 Å². The SMILES string of the molecule is C1=NC=NC2c3ncccc3OC12. The van der Waals surface area contributed by atoms with Crippen LogP contribution < -0.4 is 4.74 Å². The molecule has 0 fully saturated rings. The summed E-state index contributed by atoms with van der Waals surface area (Å²) in [5.74, 6) is 0.822. The molecule has 0 saturated heterocycles. The van der Waals surface area contributed by atoms with Crippen LogP contribution in [0.2, 0.25) is 0 Å². The summed E-state index contributed by atoms with van der Waals surface area (Å²) in [5.41, 5.74) is 0.912. The Morgan fingerprint density at radius 1 is 1.38 bits per heavy atom. The summed E-state index contributed by atoms with van der Waals surface area (Å²) in [7, 11) is 0.